The smallest absolute Gasteiger partial charge is 0.231 e. The van der Waals surface area contributed by atoms with Crippen molar-refractivity contribution in [3.05, 3.63) is 90.9 Å². The first-order valence-corrected chi connectivity index (χ1v) is 12.5. The molecule has 1 saturated carbocycles. The lowest BCUT2D eigenvalue weighted by Gasteiger charge is -2.11. The van der Waals surface area contributed by atoms with Crippen LogP contribution in [0.4, 0.5) is 20.2 Å². The van der Waals surface area contributed by atoms with E-state index in [4.69, 9.17) is 75.3 Å². The summed E-state index contributed by atoms with van der Waals surface area (Å²) in [5, 5.41) is 3.20. The van der Waals surface area contributed by atoms with Gasteiger partial charge in [0.15, 0.2) is 11.6 Å². The van der Waals surface area contributed by atoms with Crippen molar-refractivity contribution in [3.8, 4) is 0 Å². The Labute approximate surface area is 234 Å². The Kier molecular flexibility index (Phi) is 7.69. The van der Waals surface area contributed by atoms with Crippen molar-refractivity contribution in [3.63, 3.8) is 0 Å². The molecule has 0 aliphatic heterocycles. The van der Waals surface area contributed by atoms with Crippen molar-refractivity contribution in [1.82, 2.24) is 0 Å². The van der Waals surface area contributed by atoms with E-state index in [2.05, 4.69) is 5.32 Å². The van der Waals surface area contributed by atoms with Gasteiger partial charge in [-0.2, -0.15) is 0 Å². The van der Waals surface area contributed by atoms with E-state index in [0.717, 1.165) is 12.1 Å². The summed E-state index contributed by atoms with van der Waals surface area (Å²) in [6, 6.07) is 9.21. The van der Waals surface area contributed by atoms with Gasteiger partial charge in [0.25, 0.3) is 0 Å². The molecule has 0 unspecified atom stereocenters. The van der Waals surface area contributed by atoms with E-state index in [9.17, 15) is 18.4 Å². The van der Waals surface area contributed by atoms with Crippen LogP contribution in [0.3, 0.4) is 0 Å². The van der Waals surface area contributed by atoms with Crippen molar-refractivity contribution >= 4 is 92.7 Å². The zero-order valence-electron chi connectivity index (χ0n) is 17.8. The molecule has 188 valence electrons. The molecule has 4 rings (SSSR count). The van der Waals surface area contributed by atoms with Crippen molar-refractivity contribution in [2.24, 2.45) is 5.92 Å². The van der Waals surface area contributed by atoms with Crippen LogP contribution in [-0.4, -0.2) is 16.0 Å². The van der Waals surface area contributed by atoms with E-state index in [1.54, 1.807) is 0 Å². The summed E-state index contributed by atoms with van der Waals surface area (Å²) in [4.78, 5) is 25.8. The normalized spacial score (nSPS) is 18.1. The first-order valence-electron chi connectivity index (χ1n) is 10.2. The zero-order valence-corrected chi connectivity index (χ0v) is 22.4. The van der Waals surface area contributed by atoms with E-state index < -0.39 is 51.5 Å². The number of carbonyl (C=O) groups excluding carboxylic acids is 2. The van der Waals surface area contributed by atoms with E-state index in [0.29, 0.717) is 5.56 Å². The largest absolute Gasteiger partial charge is 0.396 e. The van der Waals surface area contributed by atoms with E-state index in [1.165, 1.54) is 30.3 Å². The Morgan fingerprint density at radius 3 is 2.22 bits per heavy atom. The van der Waals surface area contributed by atoms with Crippen molar-refractivity contribution in [1.29, 1.82) is 0 Å². The Morgan fingerprint density at radius 2 is 1.58 bits per heavy atom. The number of benzene rings is 3. The fourth-order valence-electron chi connectivity index (χ4n) is 3.89. The second-order valence-corrected chi connectivity index (χ2v) is 11.2. The molecule has 0 aromatic heterocycles. The molecular formula is C24H14Cl6F2N2O2. The molecule has 2 atom stereocenters. The van der Waals surface area contributed by atoms with Gasteiger partial charge >= 0.3 is 0 Å². The standard InChI is InChI=1S/C24H14Cl6F2N2O2/c25-13-2-1-10(7-11(13)18(35)8-12-16(31)3-4-17(33)22(12)32)34-23(36)20-19(24(20,29)30)9-5-14(26)21(28)15(27)6-9/h1-7,19-20H,8,33H2,(H,34,36)/t19-,20+/m0/s1. The monoisotopic (exact) mass is 610 g/mol. The first-order chi connectivity index (χ1) is 16.8. The number of nitrogen functional groups attached to an aromatic ring is 1. The third-order valence-corrected chi connectivity index (χ3v) is 8.26. The van der Waals surface area contributed by atoms with Crippen LogP contribution in [0.25, 0.3) is 0 Å². The Bertz CT molecular complexity index is 1390. The number of ketones is 1. The molecular weight excluding hydrogens is 599 g/mol. The van der Waals surface area contributed by atoms with Crippen LogP contribution in [-0.2, 0) is 11.2 Å². The molecule has 0 spiro atoms. The number of alkyl halides is 2. The Hall–Kier alpha value is -1.80. The molecule has 3 N–H and O–H groups in total. The quantitative estimate of drug-likeness (QED) is 0.128. The lowest BCUT2D eigenvalue weighted by Crippen LogP contribution is -2.17. The van der Waals surface area contributed by atoms with Gasteiger partial charge in [0.05, 0.1) is 31.7 Å². The van der Waals surface area contributed by atoms with E-state index in [1.807, 2.05) is 0 Å². The van der Waals surface area contributed by atoms with Crippen LogP contribution >= 0.6 is 69.6 Å². The number of halogens is 8. The van der Waals surface area contributed by atoms with Gasteiger partial charge in [-0.25, -0.2) is 8.78 Å². The number of hydrogen-bond acceptors (Lipinski definition) is 3. The maximum absolute atomic E-state index is 14.3. The highest BCUT2D eigenvalue weighted by Crippen LogP contribution is 2.65. The minimum absolute atomic E-state index is 0.0292. The molecule has 1 aliphatic carbocycles. The molecule has 12 heteroatoms. The maximum atomic E-state index is 14.3. The number of hydrogen-bond donors (Lipinski definition) is 2. The Morgan fingerprint density at radius 1 is 0.944 bits per heavy atom. The molecule has 0 bridgehead atoms. The predicted octanol–water partition coefficient (Wildman–Crippen LogP) is 8.11. The average molecular weight is 613 g/mol. The molecule has 36 heavy (non-hydrogen) atoms. The van der Waals surface area contributed by atoms with Gasteiger partial charge in [-0.15, -0.1) is 23.2 Å². The number of carbonyl (C=O) groups is 2. The summed E-state index contributed by atoms with van der Waals surface area (Å²) in [6.45, 7) is 0. The van der Waals surface area contributed by atoms with Crippen LogP contribution in [0.1, 0.15) is 27.4 Å². The number of nitrogens with two attached hydrogens (primary N) is 1. The van der Waals surface area contributed by atoms with Crippen molar-refractivity contribution < 1.29 is 18.4 Å². The van der Waals surface area contributed by atoms with Gasteiger partial charge in [-0.3, -0.25) is 9.59 Å². The third-order valence-electron chi connectivity index (χ3n) is 5.79. The summed E-state index contributed by atoms with van der Waals surface area (Å²) < 4.78 is 26.9. The van der Waals surface area contributed by atoms with Gasteiger partial charge < -0.3 is 11.1 Å². The minimum Gasteiger partial charge on any atom is -0.396 e. The number of amides is 1. The summed E-state index contributed by atoms with van der Waals surface area (Å²) in [7, 11) is 0. The van der Waals surface area contributed by atoms with Gasteiger partial charge in [0, 0.05) is 29.2 Å². The lowest BCUT2D eigenvalue weighted by molar-refractivity contribution is -0.117. The Balaban J connectivity index is 1.54. The highest BCUT2D eigenvalue weighted by Gasteiger charge is 2.67. The summed E-state index contributed by atoms with van der Waals surface area (Å²) in [5.41, 5.74) is 5.37. The topological polar surface area (TPSA) is 72.2 Å². The lowest BCUT2D eigenvalue weighted by atomic mass is 10.0. The van der Waals surface area contributed by atoms with Crippen LogP contribution in [0.5, 0.6) is 0 Å². The number of rotatable bonds is 6. The number of nitrogens with one attached hydrogen (secondary N) is 1. The summed E-state index contributed by atoms with van der Waals surface area (Å²) in [6.07, 6.45) is -0.630. The minimum atomic E-state index is -1.45. The second kappa shape index (κ2) is 10.2. The molecule has 3 aromatic carbocycles. The molecule has 0 saturated heterocycles. The van der Waals surface area contributed by atoms with Gasteiger partial charge in [-0.05, 0) is 48.0 Å². The molecule has 1 aliphatic rings. The SMILES string of the molecule is Nc1ccc(F)c(CC(=O)c2cc(NC(=O)[C@H]3[C@H](c4cc(Cl)c(Cl)c(Cl)c4)C3(Cl)Cl)ccc2Cl)c1F. The molecule has 0 heterocycles. The number of anilines is 2. The highest BCUT2D eigenvalue weighted by molar-refractivity contribution is 6.54. The van der Waals surface area contributed by atoms with Crippen LogP contribution in [0.15, 0.2) is 42.5 Å². The van der Waals surface area contributed by atoms with E-state index in [-0.39, 0.29) is 37.0 Å². The fourth-order valence-corrected chi connectivity index (χ4v) is 5.56. The fraction of sp³-hybridized carbons (Fsp3) is 0.167. The molecule has 0 radical (unpaired) electrons. The van der Waals surface area contributed by atoms with Crippen LogP contribution in [0, 0.1) is 17.6 Å². The van der Waals surface area contributed by atoms with Crippen LogP contribution < -0.4 is 11.1 Å². The number of Topliss-reactive ketones (excluding diaryl/α,β-unsaturated/α-hetero) is 1. The van der Waals surface area contributed by atoms with Crippen LogP contribution in [0.2, 0.25) is 20.1 Å². The van der Waals surface area contributed by atoms with Gasteiger partial charge in [-0.1, -0.05) is 46.4 Å². The molecule has 3 aromatic rings. The van der Waals surface area contributed by atoms with Gasteiger partial charge in [0.2, 0.25) is 5.91 Å². The average Bonchev–Trinajstić information content (AvgIpc) is 3.40. The van der Waals surface area contributed by atoms with E-state index >= 15 is 0 Å². The van der Waals surface area contributed by atoms with Crippen molar-refractivity contribution in [2.45, 2.75) is 16.7 Å². The highest BCUT2D eigenvalue weighted by atomic mass is 35.5. The summed E-state index contributed by atoms with van der Waals surface area (Å²) >= 11 is 37.1. The second-order valence-electron chi connectivity index (χ2n) is 8.14. The molecule has 1 amide bonds. The summed E-state index contributed by atoms with van der Waals surface area (Å²) in [5.74, 6) is -4.67. The maximum Gasteiger partial charge on any atom is 0.231 e. The van der Waals surface area contributed by atoms with Gasteiger partial charge in [0.1, 0.15) is 10.2 Å². The van der Waals surface area contributed by atoms with Crippen molar-refractivity contribution in [2.75, 3.05) is 11.1 Å². The molecule has 4 nitrogen and oxygen atoms in total. The third kappa shape index (κ3) is 5.13. The zero-order chi connectivity index (χ0) is 26.5. The predicted molar refractivity (Wildman–Crippen MR) is 141 cm³/mol. The first kappa shape index (κ1) is 27.2. The molecule has 1 fully saturated rings.